The number of nitrogens with zero attached hydrogens (tertiary/aromatic N) is 3. The Morgan fingerprint density at radius 3 is 2.75 bits per heavy atom. The van der Waals surface area contributed by atoms with Crippen molar-refractivity contribution in [3.8, 4) is 5.88 Å². The first kappa shape index (κ1) is 12.2. The maximum Gasteiger partial charge on any atom is 0.243 e. The molecule has 2 aromatic heterocycles. The molecule has 0 spiro atoms. The zero-order valence-electron chi connectivity index (χ0n) is 10.8. The molecule has 5 nitrogen and oxygen atoms in total. The molecule has 0 bridgehead atoms. The number of aromatic nitrogens is 3. The fourth-order valence-corrected chi connectivity index (χ4v) is 1.98. The highest BCUT2D eigenvalue weighted by Crippen LogP contribution is 2.19. The highest BCUT2D eigenvalue weighted by atomic mass is 16.5. The van der Waals surface area contributed by atoms with Crippen LogP contribution in [0, 0.1) is 0 Å². The predicted molar refractivity (Wildman–Crippen MR) is 73.8 cm³/mol. The van der Waals surface area contributed by atoms with E-state index < -0.39 is 0 Å². The molecule has 0 atom stereocenters. The monoisotopic (exact) mass is 265 g/mol. The van der Waals surface area contributed by atoms with Gasteiger partial charge in [0.05, 0.1) is 12.6 Å². The van der Waals surface area contributed by atoms with Crippen molar-refractivity contribution in [2.45, 2.75) is 0 Å². The molecule has 3 rings (SSSR count). The minimum absolute atomic E-state index is 0.207. The van der Waals surface area contributed by atoms with Crippen LogP contribution in [0.4, 0.5) is 0 Å². The van der Waals surface area contributed by atoms with Crippen LogP contribution in [0.2, 0.25) is 0 Å². The summed E-state index contributed by atoms with van der Waals surface area (Å²) >= 11 is 0. The van der Waals surface area contributed by atoms with Gasteiger partial charge in [0.25, 0.3) is 0 Å². The fraction of sp³-hybridized carbons (Fsp3) is 0.0667. The second kappa shape index (κ2) is 5.05. The molecule has 0 N–H and O–H groups in total. The predicted octanol–water partition coefficient (Wildman–Crippen LogP) is 2.26. The van der Waals surface area contributed by atoms with Gasteiger partial charge in [0.15, 0.2) is 5.69 Å². The molecule has 0 aliphatic carbocycles. The standard InChI is InChI=1S/C15H11N3O2/c1-20-15-13(17-7-8-18-15)14(19)11-4-5-12-10(9-11)3-2-6-16-12/h2-9H,1H3. The summed E-state index contributed by atoms with van der Waals surface area (Å²) in [5.74, 6) is 0.00415. The molecule has 0 aliphatic rings. The van der Waals surface area contributed by atoms with Crippen LogP contribution in [0.25, 0.3) is 10.9 Å². The molecule has 0 unspecified atom stereocenters. The smallest absolute Gasteiger partial charge is 0.243 e. The van der Waals surface area contributed by atoms with Crippen molar-refractivity contribution in [1.82, 2.24) is 15.0 Å². The lowest BCUT2D eigenvalue weighted by Gasteiger charge is -2.05. The van der Waals surface area contributed by atoms with Crippen molar-refractivity contribution in [2.75, 3.05) is 7.11 Å². The second-order valence-electron chi connectivity index (χ2n) is 4.15. The Morgan fingerprint density at radius 1 is 1.05 bits per heavy atom. The number of hydrogen-bond acceptors (Lipinski definition) is 5. The summed E-state index contributed by atoms with van der Waals surface area (Å²) in [5, 5.41) is 0.904. The average molecular weight is 265 g/mol. The van der Waals surface area contributed by atoms with Crippen LogP contribution in [0.5, 0.6) is 5.88 Å². The summed E-state index contributed by atoms with van der Waals surface area (Å²) in [6.07, 6.45) is 4.67. The average Bonchev–Trinajstić information content (AvgIpc) is 2.53. The number of methoxy groups -OCH3 is 1. The third kappa shape index (κ3) is 2.09. The van der Waals surface area contributed by atoms with Crippen molar-refractivity contribution < 1.29 is 9.53 Å². The minimum atomic E-state index is -0.222. The molecule has 0 saturated heterocycles. The number of carbonyl (C=O) groups excluding carboxylic acids is 1. The Morgan fingerprint density at radius 2 is 1.90 bits per heavy atom. The summed E-state index contributed by atoms with van der Waals surface area (Å²) < 4.78 is 5.07. The number of carbonyl (C=O) groups is 1. The van der Waals surface area contributed by atoms with Gasteiger partial charge in [0.2, 0.25) is 11.7 Å². The van der Waals surface area contributed by atoms with Gasteiger partial charge >= 0.3 is 0 Å². The van der Waals surface area contributed by atoms with Crippen LogP contribution in [0.3, 0.4) is 0 Å². The molecule has 0 amide bonds. The first-order valence-electron chi connectivity index (χ1n) is 6.04. The highest BCUT2D eigenvalue weighted by molar-refractivity contribution is 6.10. The van der Waals surface area contributed by atoms with E-state index >= 15 is 0 Å². The maximum absolute atomic E-state index is 12.5. The molecule has 5 heteroatoms. The van der Waals surface area contributed by atoms with Gasteiger partial charge in [-0.1, -0.05) is 6.07 Å². The zero-order chi connectivity index (χ0) is 13.9. The Bertz CT molecular complexity index is 787. The normalized spacial score (nSPS) is 10.4. The van der Waals surface area contributed by atoms with Gasteiger partial charge in [-0.05, 0) is 24.3 Å². The topological polar surface area (TPSA) is 65.0 Å². The van der Waals surface area contributed by atoms with Gasteiger partial charge in [-0.2, -0.15) is 0 Å². The third-order valence-corrected chi connectivity index (χ3v) is 2.94. The molecule has 0 saturated carbocycles. The van der Waals surface area contributed by atoms with Gasteiger partial charge in [-0.3, -0.25) is 9.78 Å². The molecule has 0 fully saturated rings. The highest BCUT2D eigenvalue weighted by Gasteiger charge is 2.17. The number of fused-ring (bicyclic) bond motifs is 1. The third-order valence-electron chi connectivity index (χ3n) is 2.94. The summed E-state index contributed by atoms with van der Waals surface area (Å²) in [4.78, 5) is 24.7. The Balaban J connectivity index is 2.08. The zero-order valence-corrected chi connectivity index (χ0v) is 10.8. The molecule has 20 heavy (non-hydrogen) atoms. The summed E-state index contributed by atoms with van der Waals surface area (Å²) in [7, 11) is 1.46. The van der Waals surface area contributed by atoms with E-state index in [2.05, 4.69) is 15.0 Å². The van der Waals surface area contributed by atoms with Crippen LogP contribution in [0.15, 0.2) is 48.9 Å². The van der Waals surface area contributed by atoms with Crippen LogP contribution < -0.4 is 4.74 Å². The number of pyridine rings is 1. The van der Waals surface area contributed by atoms with E-state index in [-0.39, 0.29) is 17.4 Å². The molecule has 0 aliphatic heterocycles. The van der Waals surface area contributed by atoms with Crippen molar-refractivity contribution >= 4 is 16.7 Å². The van der Waals surface area contributed by atoms with E-state index in [1.807, 2.05) is 18.2 Å². The Kier molecular flexibility index (Phi) is 3.09. The largest absolute Gasteiger partial charge is 0.479 e. The SMILES string of the molecule is COc1nccnc1C(=O)c1ccc2ncccc2c1. The summed E-state index contributed by atoms with van der Waals surface area (Å²) in [6.45, 7) is 0. The fourth-order valence-electron chi connectivity index (χ4n) is 1.98. The quantitative estimate of drug-likeness (QED) is 0.680. The van der Waals surface area contributed by atoms with E-state index in [0.29, 0.717) is 5.56 Å². The van der Waals surface area contributed by atoms with Gasteiger partial charge in [-0.25, -0.2) is 9.97 Å². The molecule has 98 valence electrons. The first-order valence-corrected chi connectivity index (χ1v) is 6.04. The van der Waals surface area contributed by atoms with Crippen molar-refractivity contribution in [3.05, 3.63) is 60.2 Å². The van der Waals surface area contributed by atoms with E-state index in [9.17, 15) is 4.79 Å². The van der Waals surface area contributed by atoms with Gasteiger partial charge in [-0.15, -0.1) is 0 Å². The second-order valence-corrected chi connectivity index (χ2v) is 4.15. The van der Waals surface area contributed by atoms with Crippen LogP contribution in [-0.2, 0) is 0 Å². The lowest BCUT2D eigenvalue weighted by molar-refractivity contribution is 0.103. The van der Waals surface area contributed by atoms with Crippen LogP contribution in [-0.4, -0.2) is 27.8 Å². The van der Waals surface area contributed by atoms with Gasteiger partial charge in [0.1, 0.15) is 0 Å². The van der Waals surface area contributed by atoms with E-state index in [1.165, 1.54) is 19.5 Å². The van der Waals surface area contributed by atoms with Gasteiger partial charge < -0.3 is 4.74 Å². The summed E-state index contributed by atoms with van der Waals surface area (Å²) in [5.41, 5.74) is 1.58. The van der Waals surface area contributed by atoms with Gasteiger partial charge in [0, 0.05) is 29.5 Å². The number of ketones is 1. The lowest BCUT2D eigenvalue weighted by Crippen LogP contribution is -2.07. The molecule has 3 aromatic rings. The number of rotatable bonds is 3. The van der Waals surface area contributed by atoms with E-state index in [1.54, 1.807) is 18.3 Å². The minimum Gasteiger partial charge on any atom is -0.479 e. The van der Waals surface area contributed by atoms with E-state index in [0.717, 1.165) is 10.9 Å². The van der Waals surface area contributed by atoms with Crippen molar-refractivity contribution in [2.24, 2.45) is 0 Å². The molecular weight excluding hydrogens is 254 g/mol. The lowest BCUT2D eigenvalue weighted by atomic mass is 10.1. The first-order chi connectivity index (χ1) is 9.79. The van der Waals surface area contributed by atoms with Crippen LogP contribution in [0.1, 0.15) is 16.1 Å². The Labute approximate surface area is 115 Å². The summed E-state index contributed by atoms with van der Waals surface area (Å²) in [6, 6.07) is 9.07. The number of benzene rings is 1. The van der Waals surface area contributed by atoms with Crippen LogP contribution >= 0.6 is 0 Å². The molecule has 2 heterocycles. The molecular formula is C15H11N3O2. The van der Waals surface area contributed by atoms with Crippen molar-refractivity contribution in [1.29, 1.82) is 0 Å². The Hall–Kier alpha value is -2.82. The van der Waals surface area contributed by atoms with E-state index in [4.69, 9.17) is 4.74 Å². The molecule has 0 radical (unpaired) electrons. The number of hydrogen-bond donors (Lipinski definition) is 0. The number of ether oxygens (including phenoxy) is 1. The van der Waals surface area contributed by atoms with Crippen molar-refractivity contribution in [3.63, 3.8) is 0 Å². The molecule has 1 aromatic carbocycles. The maximum atomic E-state index is 12.5.